The van der Waals surface area contributed by atoms with Gasteiger partial charge in [0, 0.05) is 17.3 Å². The Balaban J connectivity index is 2.33. The Morgan fingerprint density at radius 2 is 1.85 bits per heavy atom. The standard InChI is InChI=1S/C20H24F4N2O/c1-12(10-19(3,4)25)11-27-17-6-5-14(9-16(17)20(22,23)24)15-7-8-26-18(21)13(15)2/h5-9,12H,10-11,25H2,1-4H3. The van der Waals surface area contributed by atoms with E-state index in [2.05, 4.69) is 4.98 Å². The van der Waals surface area contributed by atoms with Crippen molar-refractivity contribution < 1.29 is 22.3 Å². The number of hydrogen-bond donors (Lipinski definition) is 1. The van der Waals surface area contributed by atoms with Gasteiger partial charge in [0.1, 0.15) is 5.75 Å². The highest BCUT2D eigenvalue weighted by Crippen LogP contribution is 2.39. The van der Waals surface area contributed by atoms with Gasteiger partial charge in [0.05, 0.1) is 12.2 Å². The average Bonchev–Trinajstić information content (AvgIpc) is 2.53. The van der Waals surface area contributed by atoms with Crippen molar-refractivity contribution in [1.82, 2.24) is 4.98 Å². The van der Waals surface area contributed by atoms with Crippen LogP contribution in [-0.4, -0.2) is 17.1 Å². The predicted octanol–water partition coefficient (Wildman–Crippen LogP) is 5.36. The summed E-state index contributed by atoms with van der Waals surface area (Å²) >= 11 is 0. The molecule has 0 saturated heterocycles. The molecule has 0 aliphatic heterocycles. The van der Waals surface area contributed by atoms with Gasteiger partial charge in [-0.1, -0.05) is 13.0 Å². The Kier molecular flexibility index (Phi) is 6.14. The SMILES string of the molecule is Cc1c(-c2ccc(OCC(C)CC(C)(C)N)c(C(F)(F)F)c2)ccnc1F. The number of nitrogens with zero attached hydrogens (tertiary/aromatic N) is 1. The van der Waals surface area contributed by atoms with Crippen LogP contribution in [0.25, 0.3) is 11.1 Å². The van der Waals surface area contributed by atoms with Crippen LogP contribution >= 0.6 is 0 Å². The van der Waals surface area contributed by atoms with Crippen LogP contribution in [-0.2, 0) is 6.18 Å². The fraction of sp³-hybridized carbons (Fsp3) is 0.450. The maximum Gasteiger partial charge on any atom is 0.419 e. The lowest BCUT2D eigenvalue weighted by Gasteiger charge is -2.24. The lowest BCUT2D eigenvalue weighted by atomic mass is 9.93. The van der Waals surface area contributed by atoms with E-state index >= 15 is 0 Å². The largest absolute Gasteiger partial charge is 0.493 e. The van der Waals surface area contributed by atoms with Gasteiger partial charge in [0.2, 0.25) is 5.95 Å². The van der Waals surface area contributed by atoms with Crippen molar-refractivity contribution in [3.05, 3.63) is 47.5 Å². The lowest BCUT2D eigenvalue weighted by Crippen LogP contribution is -2.35. The summed E-state index contributed by atoms with van der Waals surface area (Å²) in [5.41, 5.74) is 5.43. The molecule has 1 aromatic heterocycles. The van der Waals surface area contributed by atoms with Gasteiger partial charge in [-0.3, -0.25) is 0 Å². The van der Waals surface area contributed by atoms with E-state index in [1.807, 2.05) is 20.8 Å². The van der Waals surface area contributed by atoms with Crippen LogP contribution < -0.4 is 10.5 Å². The third-order valence-corrected chi connectivity index (χ3v) is 4.14. The second-order valence-corrected chi connectivity index (χ2v) is 7.59. The molecule has 0 saturated carbocycles. The second kappa shape index (κ2) is 7.84. The number of ether oxygens (including phenoxy) is 1. The van der Waals surface area contributed by atoms with Gasteiger partial charge in [0.15, 0.2) is 0 Å². The Morgan fingerprint density at radius 1 is 1.19 bits per heavy atom. The van der Waals surface area contributed by atoms with Crippen molar-refractivity contribution in [3.63, 3.8) is 0 Å². The first-order valence-electron chi connectivity index (χ1n) is 8.63. The molecule has 1 aromatic carbocycles. The molecule has 0 fully saturated rings. The molecule has 0 bridgehead atoms. The zero-order chi connectivity index (χ0) is 20.4. The summed E-state index contributed by atoms with van der Waals surface area (Å²) in [4.78, 5) is 3.51. The Bertz CT molecular complexity index is 798. The minimum absolute atomic E-state index is 0.0118. The third kappa shape index (κ3) is 5.66. The van der Waals surface area contributed by atoms with E-state index < -0.39 is 23.2 Å². The maximum absolute atomic E-state index is 13.7. The number of nitrogens with two attached hydrogens (primary N) is 1. The molecule has 3 nitrogen and oxygen atoms in total. The van der Waals surface area contributed by atoms with Crippen LogP contribution in [0.2, 0.25) is 0 Å². The van der Waals surface area contributed by atoms with Crippen LogP contribution in [0.1, 0.15) is 38.3 Å². The van der Waals surface area contributed by atoms with Gasteiger partial charge in [-0.2, -0.15) is 17.6 Å². The molecular weight excluding hydrogens is 360 g/mol. The zero-order valence-corrected chi connectivity index (χ0v) is 15.8. The van der Waals surface area contributed by atoms with Gasteiger partial charge in [-0.05, 0) is 62.4 Å². The first-order valence-corrected chi connectivity index (χ1v) is 8.63. The summed E-state index contributed by atoms with van der Waals surface area (Å²) < 4.78 is 59.7. The van der Waals surface area contributed by atoms with E-state index in [0.717, 1.165) is 6.07 Å². The number of rotatable bonds is 6. The van der Waals surface area contributed by atoms with Crippen molar-refractivity contribution in [2.24, 2.45) is 11.7 Å². The van der Waals surface area contributed by atoms with E-state index in [1.54, 1.807) is 0 Å². The number of pyridine rings is 1. The number of hydrogen-bond acceptors (Lipinski definition) is 3. The number of benzene rings is 1. The highest BCUT2D eigenvalue weighted by Gasteiger charge is 2.35. The Hall–Kier alpha value is -2.15. The monoisotopic (exact) mass is 384 g/mol. The van der Waals surface area contributed by atoms with Crippen molar-refractivity contribution in [1.29, 1.82) is 0 Å². The molecule has 2 N–H and O–H groups in total. The maximum atomic E-state index is 13.7. The lowest BCUT2D eigenvalue weighted by molar-refractivity contribution is -0.139. The fourth-order valence-electron chi connectivity index (χ4n) is 3.06. The van der Waals surface area contributed by atoms with Crippen LogP contribution in [0.5, 0.6) is 5.75 Å². The van der Waals surface area contributed by atoms with Crippen molar-refractivity contribution >= 4 is 0 Å². The Labute approximate surface area is 156 Å². The van der Waals surface area contributed by atoms with Crippen LogP contribution in [0.3, 0.4) is 0 Å². The van der Waals surface area contributed by atoms with Crippen molar-refractivity contribution in [3.8, 4) is 16.9 Å². The summed E-state index contributed by atoms with van der Waals surface area (Å²) in [6, 6.07) is 5.23. The highest BCUT2D eigenvalue weighted by atomic mass is 19.4. The van der Waals surface area contributed by atoms with Crippen molar-refractivity contribution in [2.75, 3.05) is 6.61 Å². The van der Waals surface area contributed by atoms with E-state index in [9.17, 15) is 17.6 Å². The number of aromatic nitrogens is 1. The summed E-state index contributed by atoms with van der Waals surface area (Å²) in [5, 5.41) is 0. The number of alkyl halides is 3. The van der Waals surface area contributed by atoms with Gasteiger partial charge in [0.25, 0.3) is 0 Å². The molecule has 1 heterocycles. The summed E-state index contributed by atoms with van der Waals surface area (Å²) in [7, 11) is 0. The smallest absolute Gasteiger partial charge is 0.419 e. The summed E-state index contributed by atoms with van der Waals surface area (Å²) in [5.74, 6) is -0.970. The van der Waals surface area contributed by atoms with E-state index in [1.165, 1.54) is 31.3 Å². The minimum Gasteiger partial charge on any atom is -0.493 e. The predicted molar refractivity (Wildman–Crippen MR) is 96.9 cm³/mol. The van der Waals surface area contributed by atoms with Gasteiger partial charge in [-0.25, -0.2) is 4.98 Å². The van der Waals surface area contributed by atoms with Crippen molar-refractivity contribution in [2.45, 2.75) is 45.8 Å². The molecule has 0 radical (unpaired) electrons. The molecule has 0 spiro atoms. The molecule has 0 aliphatic carbocycles. The van der Waals surface area contributed by atoms with E-state index in [4.69, 9.17) is 10.5 Å². The normalized spacial score (nSPS) is 13.5. The van der Waals surface area contributed by atoms with Gasteiger partial charge < -0.3 is 10.5 Å². The first-order chi connectivity index (χ1) is 12.4. The Morgan fingerprint density at radius 3 is 2.44 bits per heavy atom. The quantitative estimate of drug-likeness (QED) is 0.539. The topological polar surface area (TPSA) is 48.1 Å². The molecule has 1 atom stereocenters. The second-order valence-electron chi connectivity index (χ2n) is 7.59. The molecule has 27 heavy (non-hydrogen) atoms. The zero-order valence-electron chi connectivity index (χ0n) is 15.8. The van der Waals surface area contributed by atoms with Crippen LogP contribution in [0.15, 0.2) is 30.5 Å². The molecule has 7 heteroatoms. The molecular formula is C20H24F4N2O. The van der Waals surface area contributed by atoms with E-state index in [-0.39, 0.29) is 29.4 Å². The van der Waals surface area contributed by atoms with Crippen LogP contribution in [0.4, 0.5) is 17.6 Å². The van der Waals surface area contributed by atoms with E-state index in [0.29, 0.717) is 12.0 Å². The number of halogens is 4. The first kappa shape index (κ1) is 21.2. The molecule has 1 unspecified atom stereocenters. The summed E-state index contributed by atoms with van der Waals surface area (Å²) in [6.45, 7) is 7.18. The van der Waals surface area contributed by atoms with Crippen LogP contribution in [0, 0.1) is 18.8 Å². The molecule has 148 valence electrons. The molecule has 0 amide bonds. The minimum atomic E-state index is -4.60. The average molecular weight is 384 g/mol. The fourth-order valence-corrected chi connectivity index (χ4v) is 3.06. The molecule has 2 aromatic rings. The van der Waals surface area contributed by atoms with Gasteiger partial charge >= 0.3 is 6.18 Å². The molecule has 2 rings (SSSR count). The van der Waals surface area contributed by atoms with Gasteiger partial charge in [-0.15, -0.1) is 0 Å². The molecule has 0 aliphatic rings. The third-order valence-electron chi connectivity index (χ3n) is 4.14. The highest BCUT2D eigenvalue weighted by molar-refractivity contribution is 5.68. The summed E-state index contributed by atoms with van der Waals surface area (Å²) in [6.07, 6.45) is -2.76.